The topological polar surface area (TPSA) is 66.5 Å². The first-order valence-electron chi connectivity index (χ1n) is 9.78. The van der Waals surface area contributed by atoms with Crippen molar-refractivity contribution in [1.82, 2.24) is 14.9 Å². The van der Waals surface area contributed by atoms with Crippen LogP contribution in [0.2, 0.25) is 5.02 Å². The highest BCUT2D eigenvalue weighted by Crippen LogP contribution is 2.45. The lowest BCUT2D eigenvalue weighted by Gasteiger charge is -2.29. The van der Waals surface area contributed by atoms with Crippen molar-refractivity contribution < 1.29 is 9.52 Å². The van der Waals surface area contributed by atoms with Crippen LogP contribution in [0.25, 0.3) is 0 Å². The molecule has 156 valence electrons. The summed E-state index contributed by atoms with van der Waals surface area (Å²) < 4.78 is 7.67. The number of nitrogens with one attached hydrogen (secondary N) is 1. The normalized spacial score (nSPS) is 18.4. The largest absolute Gasteiger partial charge is 0.506 e. The molecule has 31 heavy (non-hydrogen) atoms. The minimum atomic E-state index is -0.267. The molecule has 1 fully saturated rings. The molecule has 0 unspecified atom stereocenters. The zero-order valence-electron chi connectivity index (χ0n) is 16.4. The molecule has 4 heterocycles. The first-order chi connectivity index (χ1) is 15.1. The van der Waals surface area contributed by atoms with E-state index in [4.69, 9.17) is 28.2 Å². The number of aromatic nitrogens is 2. The van der Waals surface area contributed by atoms with E-state index in [1.807, 2.05) is 53.6 Å². The maximum Gasteiger partial charge on any atom is 0.174 e. The number of aromatic hydroxyl groups is 1. The lowest BCUT2D eigenvalue weighted by Crippen LogP contribution is -2.30. The summed E-state index contributed by atoms with van der Waals surface area (Å²) in [5.74, 6) is 0.946. The summed E-state index contributed by atoms with van der Waals surface area (Å²) in [6.45, 7) is 0.572. The molecule has 5 rings (SSSR count). The Bertz CT molecular complexity index is 1210. The van der Waals surface area contributed by atoms with Crippen LogP contribution in [0, 0.1) is 0 Å². The van der Waals surface area contributed by atoms with Crippen LogP contribution in [0.1, 0.15) is 29.2 Å². The molecule has 0 bridgehead atoms. The van der Waals surface area contributed by atoms with Crippen LogP contribution < -0.4 is 10.2 Å². The van der Waals surface area contributed by atoms with E-state index >= 15 is 0 Å². The predicted octanol–water partition coefficient (Wildman–Crippen LogP) is 5.06. The second-order valence-corrected chi connectivity index (χ2v) is 8.09. The number of nitrogens with zero attached hydrogens (tertiary/aromatic N) is 3. The van der Waals surface area contributed by atoms with Crippen molar-refractivity contribution in [3.05, 3.63) is 101 Å². The number of hydrogen-bond acceptors (Lipinski definition) is 4. The molecule has 0 radical (unpaired) electrons. The Labute approximate surface area is 189 Å². The third-order valence-corrected chi connectivity index (χ3v) is 5.92. The smallest absolute Gasteiger partial charge is 0.174 e. The summed E-state index contributed by atoms with van der Waals surface area (Å²) in [6.07, 6.45) is 5.43. The van der Waals surface area contributed by atoms with Gasteiger partial charge in [0.05, 0.1) is 30.2 Å². The van der Waals surface area contributed by atoms with Gasteiger partial charge in [0.25, 0.3) is 0 Å². The Kier molecular flexibility index (Phi) is 5.13. The van der Waals surface area contributed by atoms with Gasteiger partial charge in [-0.05, 0) is 66.8 Å². The number of benzene rings is 1. The van der Waals surface area contributed by atoms with Gasteiger partial charge in [-0.3, -0.25) is 4.98 Å². The molecule has 1 aromatic carbocycles. The van der Waals surface area contributed by atoms with Crippen LogP contribution in [0.3, 0.4) is 0 Å². The van der Waals surface area contributed by atoms with Crippen molar-refractivity contribution in [2.24, 2.45) is 0 Å². The lowest BCUT2D eigenvalue weighted by molar-refractivity contribution is 0.465. The van der Waals surface area contributed by atoms with Gasteiger partial charge < -0.3 is 24.3 Å². The van der Waals surface area contributed by atoms with Crippen molar-refractivity contribution in [3.8, 4) is 5.75 Å². The van der Waals surface area contributed by atoms with Crippen LogP contribution in [-0.2, 0) is 6.54 Å². The van der Waals surface area contributed by atoms with E-state index in [0.29, 0.717) is 22.4 Å². The zero-order valence-corrected chi connectivity index (χ0v) is 17.9. The molecule has 0 spiro atoms. The van der Waals surface area contributed by atoms with Crippen LogP contribution >= 0.6 is 23.8 Å². The van der Waals surface area contributed by atoms with Gasteiger partial charge in [0.2, 0.25) is 0 Å². The second kappa shape index (κ2) is 8.09. The number of rotatable bonds is 5. The van der Waals surface area contributed by atoms with Gasteiger partial charge in [-0.15, -0.1) is 0 Å². The Morgan fingerprint density at radius 3 is 2.81 bits per heavy atom. The van der Waals surface area contributed by atoms with Gasteiger partial charge in [0.15, 0.2) is 5.11 Å². The van der Waals surface area contributed by atoms with Gasteiger partial charge in [-0.25, -0.2) is 0 Å². The zero-order chi connectivity index (χ0) is 21.4. The second-order valence-electron chi connectivity index (χ2n) is 7.27. The first-order valence-corrected chi connectivity index (χ1v) is 10.6. The first kappa shape index (κ1) is 19.7. The molecule has 3 aromatic heterocycles. The van der Waals surface area contributed by atoms with Gasteiger partial charge in [0.1, 0.15) is 17.6 Å². The third kappa shape index (κ3) is 3.66. The lowest BCUT2D eigenvalue weighted by atomic mass is 10.0. The fraction of sp³-hybridized carbons (Fsp3) is 0.130. The standard InChI is InChI=1S/C23H19ClN4O2S/c24-15-8-9-20(29)19(13-15)28-22(21(26-23(28)31)17-6-1-2-10-25-17)18-7-3-11-27(18)14-16-5-4-12-30-16/h1-13,21-22,29H,14H2,(H,26,31)/t21-,22-/m1/s1. The minimum absolute atomic E-state index is 0.101. The van der Waals surface area contributed by atoms with E-state index in [2.05, 4.69) is 14.9 Å². The fourth-order valence-corrected chi connectivity index (χ4v) is 4.52. The Hall–Kier alpha value is -3.29. The molecule has 4 aromatic rings. The van der Waals surface area contributed by atoms with E-state index in [1.54, 1.807) is 30.7 Å². The number of hydrogen-bond donors (Lipinski definition) is 2. The highest BCUT2D eigenvalue weighted by Gasteiger charge is 2.43. The number of phenols is 1. The summed E-state index contributed by atoms with van der Waals surface area (Å²) in [6, 6.07) is 18.1. The molecule has 1 saturated heterocycles. The summed E-state index contributed by atoms with van der Waals surface area (Å²) in [5, 5.41) is 15.0. The monoisotopic (exact) mass is 450 g/mol. The molecular weight excluding hydrogens is 432 g/mol. The average molecular weight is 451 g/mol. The van der Waals surface area contributed by atoms with E-state index in [9.17, 15) is 5.11 Å². The van der Waals surface area contributed by atoms with Crippen LogP contribution in [0.4, 0.5) is 5.69 Å². The highest BCUT2D eigenvalue weighted by molar-refractivity contribution is 7.80. The molecular formula is C23H19ClN4O2S. The van der Waals surface area contributed by atoms with Gasteiger partial charge in [-0.2, -0.15) is 0 Å². The van der Waals surface area contributed by atoms with Crippen molar-refractivity contribution in [2.75, 3.05) is 4.90 Å². The molecule has 2 N–H and O–H groups in total. The third-order valence-electron chi connectivity index (χ3n) is 5.37. The van der Waals surface area contributed by atoms with E-state index in [-0.39, 0.29) is 17.8 Å². The number of anilines is 1. The molecule has 0 saturated carbocycles. The summed E-state index contributed by atoms with van der Waals surface area (Å²) in [7, 11) is 0. The molecule has 0 amide bonds. The molecule has 6 nitrogen and oxygen atoms in total. The van der Waals surface area contributed by atoms with E-state index in [0.717, 1.165) is 17.1 Å². The molecule has 1 aliphatic heterocycles. The number of thiocarbonyl (C=S) groups is 1. The molecule has 2 atom stereocenters. The molecule has 8 heteroatoms. The number of phenolic OH excluding ortho intramolecular Hbond substituents is 1. The van der Waals surface area contributed by atoms with Gasteiger partial charge in [0, 0.05) is 23.1 Å². The average Bonchev–Trinajstić information content (AvgIpc) is 3.51. The summed E-state index contributed by atoms with van der Waals surface area (Å²) >= 11 is 12.0. The van der Waals surface area contributed by atoms with Crippen LogP contribution in [0.15, 0.2) is 83.7 Å². The van der Waals surface area contributed by atoms with Gasteiger partial charge >= 0.3 is 0 Å². The van der Waals surface area contributed by atoms with Crippen LogP contribution in [0.5, 0.6) is 5.75 Å². The quantitative estimate of drug-likeness (QED) is 0.414. The Morgan fingerprint density at radius 1 is 1.13 bits per heavy atom. The van der Waals surface area contributed by atoms with Crippen molar-refractivity contribution in [3.63, 3.8) is 0 Å². The predicted molar refractivity (Wildman–Crippen MR) is 123 cm³/mol. The number of halogens is 1. The summed E-state index contributed by atoms with van der Waals surface area (Å²) in [4.78, 5) is 6.47. The molecule has 1 aliphatic rings. The fourth-order valence-electron chi connectivity index (χ4n) is 4.01. The number of furan rings is 1. The van der Waals surface area contributed by atoms with E-state index < -0.39 is 0 Å². The Balaban J connectivity index is 1.64. The van der Waals surface area contributed by atoms with Crippen LogP contribution in [-0.4, -0.2) is 19.8 Å². The maximum absolute atomic E-state index is 10.6. The minimum Gasteiger partial charge on any atom is -0.506 e. The molecule has 0 aliphatic carbocycles. The maximum atomic E-state index is 10.6. The van der Waals surface area contributed by atoms with Crippen molar-refractivity contribution in [1.29, 1.82) is 0 Å². The van der Waals surface area contributed by atoms with Crippen molar-refractivity contribution in [2.45, 2.75) is 18.6 Å². The highest BCUT2D eigenvalue weighted by atomic mass is 35.5. The number of pyridine rings is 1. The van der Waals surface area contributed by atoms with E-state index in [1.165, 1.54) is 0 Å². The summed E-state index contributed by atoms with van der Waals surface area (Å²) in [5.41, 5.74) is 2.39. The SMILES string of the molecule is Oc1ccc(Cl)cc1N1C(=S)N[C@H](c2ccccn2)[C@H]1c1cccn1Cc1ccco1. The van der Waals surface area contributed by atoms with Gasteiger partial charge in [-0.1, -0.05) is 17.7 Å². The Morgan fingerprint density at radius 2 is 2.03 bits per heavy atom. The van der Waals surface area contributed by atoms with Crippen molar-refractivity contribution >= 4 is 34.6 Å².